The summed E-state index contributed by atoms with van der Waals surface area (Å²) in [7, 11) is 4.18. The Labute approximate surface area is 151 Å². The van der Waals surface area contributed by atoms with Gasteiger partial charge in [-0.25, -0.2) is 4.98 Å². The van der Waals surface area contributed by atoms with Gasteiger partial charge in [0.2, 0.25) is 5.95 Å². The number of hydrogen-bond acceptors (Lipinski definition) is 5. The van der Waals surface area contributed by atoms with Crippen molar-refractivity contribution in [2.24, 2.45) is 0 Å². The van der Waals surface area contributed by atoms with E-state index in [0.29, 0.717) is 5.95 Å². The number of benzene rings is 1. The van der Waals surface area contributed by atoms with Crippen LogP contribution in [0.1, 0.15) is 37.1 Å². The number of aryl methyl sites for hydroxylation is 3. The lowest BCUT2D eigenvalue weighted by Crippen LogP contribution is -2.17. The van der Waals surface area contributed by atoms with Gasteiger partial charge in [0.15, 0.2) is 0 Å². The molecule has 25 heavy (non-hydrogen) atoms. The van der Waals surface area contributed by atoms with Crippen molar-refractivity contribution in [1.82, 2.24) is 14.9 Å². The van der Waals surface area contributed by atoms with Gasteiger partial charge in [-0.05, 0) is 58.0 Å². The van der Waals surface area contributed by atoms with E-state index in [-0.39, 0.29) is 0 Å². The van der Waals surface area contributed by atoms with Crippen LogP contribution in [0.25, 0.3) is 0 Å². The molecule has 136 valence electrons. The van der Waals surface area contributed by atoms with Gasteiger partial charge in [0, 0.05) is 24.0 Å². The lowest BCUT2D eigenvalue weighted by molar-refractivity contribution is 0.405. The molecular weight excluding hydrogens is 310 g/mol. The molecule has 1 heterocycles. The molecule has 0 atom stereocenters. The summed E-state index contributed by atoms with van der Waals surface area (Å²) in [6.45, 7) is 8.32. The van der Waals surface area contributed by atoms with Crippen LogP contribution in [0.15, 0.2) is 24.3 Å². The SMILES string of the molecule is CCc1cccc(CC)c1Nc1nc(C)cc(NCCCN(C)C)n1. The van der Waals surface area contributed by atoms with E-state index in [4.69, 9.17) is 0 Å². The molecule has 2 rings (SSSR count). The second-order valence-corrected chi connectivity index (χ2v) is 6.59. The summed E-state index contributed by atoms with van der Waals surface area (Å²) < 4.78 is 0. The van der Waals surface area contributed by atoms with Crippen LogP contribution in [0.2, 0.25) is 0 Å². The minimum Gasteiger partial charge on any atom is -0.370 e. The van der Waals surface area contributed by atoms with Gasteiger partial charge in [0.25, 0.3) is 0 Å². The molecule has 1 aromatic carbocycles. The Hall–Kier alpha value is -2.14. The maximum atomic E-state index is 4.65. The fourth-order valence-electron chi connectivity index (χ4n) is 2.84. The first-order valence-electron chi connectivity index (χ1n) is 9.15. The quantitative estimate of drug-likeness (QED) is 0.675. The molecule has 0 aliphatic rings. The Morgan fingerprint density at radius 3 is 2.32 bits per heavy atom. The van der Waals surface area contributed by atoms with Crippen molar-refractivity contribution in [3.05, 3.63) is 41.1 Å². The highest BCUT2D eigenvalue weighted by Gasteiger charge is 2.09. The molecule has 5 heteroatoms. The topological polar surface area (TPSA) is 53.1 Å². The van der Waals surface area contributed by atoms with Crippen molar-refractivity contribution in [3.63, 3.8) is 0 Å². The Balaban J connectivity index is 2.15. The molecule has 5 nitrogen and oxygen atoms in total. The number of para-hydroxylation sites is 1. The number of aromatic nitrogens is 2. The Kier molecular flexibility index (Phi) is 7.19. The molecule has 0 bridgehead atoms. The summed E-state index contributed by atoms with van der Waals surface area (Å²) >= 11 is 0. The maximum Gasteiger partial charge on any atom is 0.229 e. The highest BCUT2D eigenvalue weighted by molar-refractivity contribution is 5.64. The van der Waals surface area contributed by atoms with E-state index in [0.717, 1.165) is 49.6 Å². The predicted octanol–water partition coefficient (Wildman–Crippen LogP) is 4.02. The molecule has 2 N–H and O–H groups in total. The van der Waals surface area contributed by atoms with Crippen LogP contribution >= 0.6 is 0 Å². The molecular formula is C20H31N5. The average molecular weight is 342 g/mol. The summed E-state index contributed by atoms with van der Waals surface area (Å²) in [6, 6.07) is 8.44. The molecule has 0 amide bonds. The van der Waals surface area contributed by atoms with Gasteiger partial charge in [0.05, 0.1) is 0 Å². The van der Waals surface area contributed by atoms with Gasteiger partial charge in [0.1, 0.15) is 5.82 Å². The highest BCUT2D eigenvalue weighted by atomic mass is 15.1. The monoisotopic (exact) mass is 341 g/mol. The smallest absolute Gasteiger partial charge is 0.229 e. The second-order valence-electron chi connectivity index (χ2n) is 6.59. The molecule has 0 aliphatic carbocycles. The number of nitrogens with one attached hydrogen (secondary N) is 2. The van der Waals surface area contributed by atoms with E-state index in [2.05, 4.69) is 71.6 Å². The van der Waals surface area contributed by atoms with E-state index < -0.39 is 0 Å². The molecule has 0 saturated carbocycles. The number of hydrogen-bond donors (Lipinski definition) is 2. The lowest BCUT2D eigenvalue weighted by Gasteiger charge is -2.16. The van der Waals surface area contributed by atoms with Crippen molar-refractivity contribution in [2.45, 2.75) is 40.0 Å². The molecule has 2 aromatic rings. The maximum absolute atomic E-state index is 4.65. The minimum atomic E-state index is 0.658. The van der Waals surface area contributed by atoms with Crippen molar-refractivity contribution < 1.29 is 0 Å². The number of anilines is 3. The molecule has 0 spiro atoms. The van der Waals surface area contributed by atoms with E-state index in [9.17, 15) is 0 Å². The zero-order valence-corrected chi connectivity index (χ0v) is 16.2. The Morgan fingerprint density at radius 1 is 1.04 bits per heavy atom. The fraction of sp³-hybridized carbons (Fsp3) is 0.500. The average Bonchev–Trinajstić information content (AvgIpc) is 2.58. The fourth-order valence-corrected chi connectivity index (χ4v) is 2.84. The molecule has 0 saturated heterocycles. The van der Waals surface area contributed by atoms with Crippen molar-refractivity contribution >= 4 is 17.5 Å². The largest absolute Gasteiger partial charge is 0.370 e. The summed E-state index contributed by atoms with van der Waals surface area (Å²) in [5, 5.41) is 6.87. The Bertz CT molecular complexity index is 660. The van der Waals surface area contributed by atoms with Crippen LogP contribution in [0, 0.1) is 6.92 Å². The van der Waals surface area contributed by atoms with Gasteiger partial charge in [-0.1, -0.05) is 32.0 Å². The van der Waals surface area contributed by atoms with Gasteiger partial charge >= 0.3 is 0 Å². The standard InChI is InChI=1S/C20H31N5/c1-6-16-10-8-11-17(7-2)19(16)24-20-22-15(3)14-18(23-20)21-12-9-13-25(4)5/h8,10-11,14H,6-7,9,12-13H2,1-5H3,(H2,21,22,23,24). The summed E-state index contributed by atoms with van der Waals surface area (Å²) in [6.07, 6.45) is 3.05. The van der Waals surface area contributed by atoms with Gasteiger partial charge in [-0.3, -0.25) is 0 Å². The van der Waals surface area contributed by atoms with Crippen LogP contribution < -0.4 is 10.6 Å². The van der Waals surface area contributed by atoms with Crippen molar-refractivity contribution in [3.8, 4) is 0 Å². The van der Waals surface area contributed by atoms with Gasteiger partial charge < -0.3 is 15.5 Å². The first kappa shape index (κ1) is 19.2. The minimum absolute atomic E-state index is 0.658. The Morgan fingerprint density at radius 2 is 1.72 bits per heavy atom. The van der Waals surface area contributed by atoms with E-state index >= 15 is 0 Å². The van der Waals surface area contributed by atoms with E-state index in [1.807, 2.05) is 13.0 Å². The van der Waals surface area contributed by atoms with E-state index in [1.54, 1.807) is 0 Å². The molecule has 0 radical (unpaired) electrons. The third-order valence-corrected chi connectivity index (χ3v) is 4.18. The molecule has 0 unspecified atom stereocenters. The first-order chi connectivity index (χ1) is 12.0. The third-order valence-electron chi connectivity index (χ3n) is 4.18. The number of nitrogens with zero attached hydrogens (tertiary/aromatic N) is 3. The molecule has 0 aliphatic heterocycles. The predicted molar refractivity (Wildman–Crippen MR) is 107 cm³/mol. The molecule has 0 fully saturated rings. The number of rotatable bonds is 9. The van der Waals surface area contributed by atoms with Gasteiger partial charge in [-0.15, -0.1) is 0 Å². The van der Waals surface area contributed by atoms with Gasteiger partial charge in [-0.2, -0.15) is 4.98 Å². The summed E-state index contributed by atoms with van der Waals surface area (Å²) in [5.74, 6) is 1.53. The first-order valence-corrected chi connectivity index (χ1v) is 9.15. The van der Waals surface area contributed by atoms with Crippen LogP contribution in [-0.4, -0.2) is 42.1 Å². The van der Waals surface area contributed by atoms with Crippen LogP contribution in [0.4, 0.5) is 17.5 Å². The van der Waals surface area contributed by atoms with Crippen molar-refractivity contribution in [1.29, 1.82) is 0 Å². The summed E-state index contributed by atoms with van der Waals surface area (Å²) in [5.41, 5.74) is 4.70. The highest BCUT2D eigenvalue weighted by Crippen LogP contribution is 2.25. The van der Waals surface area contributed by atoms with Crippen LogP contribution in [0.3, 0.4) is 0 Å². The third kappa shape index (κ3) is 5.71. The zero-order chi connectivity index (χ0) is 18.2. The normalized spacial score (nSPS) is 11.0. The zero-order valence-electron chi connectivity index (χ0n) is 16.2. The second kappa shape index (κ2) is 9.37. The summed E-state index contributed by atoms with van der Waals surface area (Å²) in [4.78, 5) is 11.4. The van der Waals surface area contributed by atoms with E-state index in [1.165, 1.54) is 11.1 Å². The molecule has 1 aromatic heterocycles. The van der Waals surface area contributed by atoms with Crippen molar-refractivity contribution in [2.75, 3.05) is 37.8 Å². The van der Waals surface area contributed by atoms with Crippen LogP contribution in [-0.2, 0) is 12.8 Å². The lowest BCUT2D eigenvalue weighted by atomic mass is 10.0. The van der Waals surface area contributed by atoms with Crippen LogP contribution in [0.5, 0.6) is 0 Å².